The molecule has 0 aromatic heterocycles. The van der Waals surface area contributed by atoms with Gasteiger partial charge in [-0.3, -0.25) is 18.9 Å². The molecule has 2 aromatic carbocycles. The molecular weight excluding hydrogens is 635 g/mol. The van der Waals surface area contributed by atoms with Crippen molar-refractivity contribution in [3.05, 3.63) is 70.0 Å². The van der Waals surface area contributed by atoms with Crippen LogP contribution in [0.2, 0.25) is 0 Å². The first-order valence-corrected chi connectivity index (χ1v) is 16.6. The van der Waals surface area contributed by atoms with Crippen LogP contribution in [0.3, 0.4) is 0 Å². The maximum atomic E-state index is 14.1. The van der Waals surface area contributed by atoms with Crippen LogP contribution in [0.15, 0.2) is 53.3 Å². The number of ketones is 2. The number of fused-ring (bicyclic) bond motifs is 3. The fourth-order valence-corrected chi connectivity index (χ4v) is 8.87. The van der Waals surface area contributed by atoms with Crippen molar-refractivity contribution >= 4 is 36.5 Å². The number of phenolic OH excluding ortho intramolecular Hbond substituents is 1. The van der Waals surface area contributed by atoms with Crippen LogP contribution in [-0.2, 0) is 28.0 Å². The second-order valence-electron chi connectivity index (χ2n) is 11.6. The van der Waals surface area contributed by atoms with Crippen LogP contribution in [0.4, 0.5) is 5.69 Å². The molecule has 1 amide bonds. The smallest absolute Gasteiger partial charge is 0.357 e. The third kappa shape index (κ3) is 5.20. The molecule has 0 bridgehead atoms. The number of hydrogen-bond donors (Lipinski definition) is 7. The zero-order chi connectivity index (χ0) is 34.6. The SMILES string of the molecule is CCOP(=O)(OCC)C(Nc1ccc2c(c1O)C(O)=C1C(=O)[C@]3(O)C(O)=C(C(N)=O)C(=O)C[C@@H]3[C@@H](O)[C@@H]1[C@H]2C)c1ccc(OC)cc1. The number of carbonyl (C=O) groups is 3. The molecule has 0 aliphatic heterocycles. The predicted octanol–water partition coefficient (Wildman–Crippen LogP) is 3.34. The van der Waals surface area contributed by atoms with Crippen molar-refractivity contribution in [1.82, 2.24) is 0 Å². The Bertz CT molecular complexity index is 1740. The lowest BCUT2D eigenvalue weighted by molar-refractivity contribution is -0.160. The average molecular weight is 673 g/mol. The number of nitrogens with two attached hydrogens (primary N) is 1. The highest BCUT2D eigenvalue weighted by Gasteiger charge is 2.65. The number of hydrogen-bond acceptors (Lipinski definition) is 13. The minimum Gasteiger partial charge on any atom is -0.508 e. The molecule has 1 unspecified atom stereocenters. The van der Waals surface area contributed by atoms with E-state index in [1.165, 1.54) is 13.2 Å². The highest BCUT2D eigenvalue weighted by Crippen LogP contribution is 2.62. The summed E-state index contributed by atoms with van der Waals surface area (Å²) in [5.41, 5.74) is 1.30. The van der Waals surface area contributed by atoms with Crippen LogP contribution in [-0.4, -0.2) is 75.0 Å². The maximum Gasteiger partial charge on any atom is 0.357 e. The molecule has 0 radical (unpaired) electrons. The minimum absolute atomic E-state index is 0.0340. The first-order valence-electron chi connectivity index (χ1n) is 15.0. The van der Waals surface area contributed by atoms with Crippen LogP contribution in [0.5, 0.6) is 11.5 Å². The zero-order valence-corrected chi connectivity index (χ0v) is 27.0. The molecule has 47 heavy (non-hydrogen) atoms. The highest BCUT2D eigenvalue weighted by atomic mass is 31.2. The fourth-order valence-electron chi connectivity index (χ4n) is 6.94. The summed E-state index contributed by atoms with van der Waals surface area (Å²) < 4.78 is 30.6. The molecule has 1 fully saturated rings. The lowest BCUT2D eigenvalue weighted by Gasteiger charge is -2.50. The first-order chi connectivity index (χ1) is 22.2. The van der Waals surface area contributed by atoms with Crippen molar-refractivity contribution in [3.8, 4) is 11.5 Å². The minimum atomic E-state index is -3.97. The highest BCUT2D eigenvalue weighted by molar-refractivity contribution is 7.54. The number of aromatic hydroxyl groups is 1. The molecule has 0 saturated heterocycles. The predicted molar refractivity (Wildman–Crippen MR) is 168 cm³/mol. The van der Waals surface area contributed by atoms with E-state index < -0.39 is 95.1 Å². The van der Waals surface area contributed by atoms with Gasteiger partial charge in [0.15, 0.2) is 17.2 Å². The van der Waals surface area contributed by atoms with Gasteiger partial charge in [0.2, 0.25) is 5.78 Å². The zero-order valence-electron chi connectivity index (χ0n) is 26.1. The summed E-state index contributed by atoms with van der Waals surface area (Å²) in [5, 5.41) is 60.1. The Morgan fingerprint density at radius 1 is 1.09 bits per heavy atom. The summed E-state index contributed by atoms with van der Waals surface area (Å²) >= 11 is 0. The summed E-state index contributed by atoms with van der Waals surface area (Å²) in [6, 6.07) is 9.56. The third-order valence-corrected chi connectivity index (χ3v) is 11.5. The second-order valence-corrected chi connectivity index (χ2v) is 13.7. The first kappa shape index (κ1) is 34.1. The van der Waals surface area contributed by atoms with E-state index in [0.29, 0.717) is 16.9 Å². The van der Waals surface area contributed by atoms with Crippen molar-refractivity contribution in [3.63, 3.8) is 0 Å². The van der Waals surface area contributed by atoms with Crippen LogP contribution in [0.1, 0.15) is 55.6 Å². The maximum absolute atomic E-state index is 14.1. The lowest BCUT2D eigenvalue weighted by atomic mass is 9.55. The van der Waals surface area contributed by atoms with Gasteiger partial charge in [-0.15, -0.1) is 0 Å². The number of phenols is 1. The molecule has 8 N–H and O–H groups in total. The topological polar surface area (TPSA) is 235 Å². The van der Waals surface area contributed by atoms with Crippen molar-refractivity contribution in [2.45, 2.75) is 50.6 Å². The van der Waals surface area contributed by atoms with Gasteiger partial charge in [-0.2, -0.15) is 0 Å². The molecule has 3 aliphatic rings. The third-order valence-electron chi connectivity index (χ3n) is 9.16. The number of amides is 1. The number of anilines is 1. The summed E-state index contributed by atoms with van der Waals surface area (Å²) in [6.07, 6.45) is -2.32. The van der Waals surface area contributed by atoms with E-state index in [-0.39, 0.29) is 24.5 Å². The van der Waals surface area contributed by atoms with Gasteiger partial charge in [0.05, 0.1) is 37.7 Å². The standard InChI is InChI=1S/C32H37N2O12P/c1-5-45-47(43,46-6-2)31(15-7-9-16(44-4)10-8-15)34-19-12-11-17-14(3)21-24(27(38)22(17)26(19)37)29(40)32(42)18(25(21)36)13-20(35)23(28(32)39)30(33)41/h7-12,14,18,21,25,31,34,36-39,42H,5-6,13H2,1-4H3,(H2,33,41)/t14-,18+,21+,25+,31?,32+/m0/s1. The molecule has 0 heterocycles. The van der Waals surface area contributed by atoms with E-state index in [9.17, 15) is 44.5 Å². The van der Waals surface area contributed by atoms with Gasteiger partial charge in [-0.25, -0.2) is 0 Å². The lowest BCUT2D eigenvalue weighted by Crippen LogP contribution is -2.63. The van der Waals surface area contributed by atoms with Gasteiger partial charge in [0.1, 0.15) is 28.6 Å². The summed E-state index contributed by atoms with van der Waals surface area (Å²) in [7, 11) is -2.47. The Kier molecular flexibility index (Phi) is 9.03. The number of primary amides is 1. The van der Waals surface area contributed by atoms with E-state index >= 15 is 0 Å². The Morgan fingerprint density at radius 3 is 2.26 bits per heavy atom. The number of aliphatic hydroxyl groups is 4. The average Bonchev–Trinajstić information content (AvgIpc) is 3.02. The number of aliphatic hydroxyl groups excluding tert-OH is 3. The largest absolute Gasteiger partial charge is 0.508 e. The van der Waals surface area contributed by atoms with E-state index in [0.717, 1.165) is 0 Å². The molecule has 252 valence electrons. The van der Waals surface area contributed by atoms with Gasteiger partial charge >= 0.3 is 7.60 Å². The molecule has 0 spiro atoms. The number of Topliss-reactive ketones (excluding diaryl/α,β-unsaturated/α-hetero) is 2. The Morgan fingerprint density at radius 2 is 1.70 bits per heavy atom. The molecule has 6 atom stereocenters. The summed E-state index contributed by atoms with van der Waals surface area (Å²) in [6.45, 7) is 4.98. The van der Waals surface area contributed by atoms with Crippen LogP contribution in [0, 0.1) is 11.8 Å². The van der Waals surface area contributed by atoms with E-state index in [2.05, 4.69) is 5.32 Å². The summed E-state index contributed by atoms with van der Waals surface area (Å²) in [4.78, 5) is 38.6. The van der Waals surface area contributed by atoms with Crippen LogP contribution >= 0.6 is 7.60 Å². The monoisotopic (exact) mass is 672 g/mol. The number of nitrogens with one attached hydrogen (secondary N) is 1. The second kappa shape index (κ2) is 12.4. The Balaban J connectivity index is 1.66. The quantitative estimate of drug-likeness (QED) is 0.109. The normalized spacial score (nSPS) is 26.3. The van der Waals surface area contributed by atoms with Crippen LogP contribution < -0.4 is 15.8 Å². The number of carbonyl (C=O) groups excluding carboxylic acids is 3. The summed E-state index contributed by atoms with van der Waals surface area (Å²) in [5.74, 6) is -10.4. The Labute approximate surface area is 270 Å². The van der Waals surface area contributed by atoms with Crippen molar-refractivity contribution < 1.29 is 58.3 Å². The fraction of sp³-hybridized carbons (Fsp3) is 0.406. The Hall–Kier alpha value is -4.20. The van der Waals surface area contributed by atoms with Crippen molar-refractivity contribution in [1.29, 1.82) is 0 Å². The number of methoxy groups -OCH3 is 1. The molecule has 5 rings (SSSR count). The van der Waals surface area contributed by atoms with Gasteiger partial charge in [0.25, 0.3) is 5.91 Å². The number of benzene rings is 2. The molecule has 2 aromatic rings. The van der Waals surface area contributed by atoms with Crippen molar-refractivity contribution in [2.75, 3.05) is 25.6 Å². The van der Waals surface area contributed by atoms with E-state index in [1.54, 1.807) is 51.1 Å². The number of ether oxygens (including phenoxy) is 1. The number of rotatable bonds is 10. The van der Waals surface area contributed by atoms with Gasteiger partial charge in [0, 0.05) is 23.8 Å². The molecular formula is C32H37N2O12P. The molecule has 1 saturated carbocycles. The molecule has 15 heteroatoms. The van der Waals surface area contributed by atoms with E-state index in [1.807, 2.05) is 0 Å². The van der Waals surface area contributed by atoms with Gasteiger partial charge in [-0.1, -0.05) is 25.1 Å². The van der Waals surface area contributed by atoms with E-state index in [4.69, 9.17) is 19.5 Å². The van der Waals surface area contributed by atoms with Crippen molar-refractivity contribution in [2.24, 2.45) is 17.6 Å². The van der Waals surface area contributed by atoms with Gasteiger partial charge in [-0.05, 0) is 49.1 Å². The molecule has 3 aliphatic carbocycles. The van der Waals surface area contributed by atoms with Crippen LogP contribution in [0.25, 0.3) is 5.76 Å². The molecule has 14 nitrogen and oxygen atoms in total. The van der Waals surface area contributed by atoms with Gasteiger partial charge < -0.3 is 50.4 Å².